The van der Waals surface area contributed by atoms with Gasteiger partial charge in [-0.15, -0.1) is 0 Å². The number of anilines is 1. The fourth-order valence-electron chi connectivity index (χ4n) is 3.93. The summed E-state index contributed by atoms with van der Waals surface area (Å²) in [6.45, 7) is 3.84. The number of carbonyl (C=O) groups is 1. The number of benzene rings is 1. The Morgan fingerprint density at radius 1 is 1.10 bits per heavy atom. The number of fused-ring (bicyclic) bond motifs is 1. The van der Waals surface area contributed by atoms with Crippen LogP contribution in [0.3, 0.4) is 0 Å². The van der Waals surface area contributed by atoms with E-state index in [0.717, 1.165) is 65.3 Å². The fraction of sp³-hybridized carbons (Fsp3) is 0.250. The third kappa shape index (κ3) is 4.18. The number of aromatic nitrogens is 4. The average molecular weight is 412 g/mol. The minimum atomic E-state index is 0.0623. The quantitative estimate of drug-likeness (QED) is 0.508. The van der Waals surface area contributed by atoms with E-state index in [-0.39, 0.29) is 12.2 Å². The van der Waals surface area contributed by atoms with Crippen molar-refractivity contribution in [2.45, 2.75) is 6.42 Å². The molecule has 1 aliphatic rings. The number of aryl methyl sites for hydroxylation is 1. The predicted octanol–water partition coefficient (Wildman–Crippen LogP) is 2.87. The van der Waals surface area contributed by atoms with Crippen LogP contribution in [0, 0.1) is 0 Å². The van der Waals surface area contributed by atoms with Crippen LogP contribution in [0.5, 0.6) is 0 Å². The van der Waals surface area contributed by atoms with Crippen LogP contribution in [-0.4, -0.2) is 51.7 Å². The van der Waals surface area contributed by atoms with Crippen molar-refractivity contribution in [1.29, 1.82) is 0 Å². The third-order valence-electron chi connectivity index (χ3n) is 5.62. The molecule has 1 N–H and O–H groups in total. The zero-order valence-corrected chi connectivity index (χ0v) is 17.5. The van der Waals surface area contributed by atoms with Crippen molar-refractivity contribution in [3.8, 4) is 11.3 Å². The number of nitrogens with zero attached hydrogens (tertiary/aromatic N) is 5. The molecule has 5 rings (SSSR count). The second-order valence-corrected chi connectivity index (χ2v) is 7.85. The zero-order chi connectivity index (χ0) is 21.2. The van der Waals surface area contributed by atoms with E-state index >= 15 is 0 Å². The van der Waals surface area contributed by atoms with Crippen molar-refractivity contribution in [3.05, 3.63) is 72.3 Å². The highest BCUT2D eigenvalue weighted by molar-refractivity contribution is 5.98. The van der Waals surface area contributed by atoms with Gasteiger partial charge in [-0.05, 0) is 30.3 Å². The van der Waals surface area contributed by atoms with E-state index < -0.39 is 0 Å². The highest BCUT2D eigenvalue weighted by Crippen LogP contribution is 2.22. The summed E-state index contributed by atoms with van der Waals surface area (Å²) in [7, 11) is 1.88. The molecular formula is C24H24N6O. The molecule has 0 amide bonds. The molecule has 0 aliphatic carbocycles. The zero-order valence-electron chi connectivity index (χ0n) is 17.5. The summed E-state index contributed by atoms with van der Waals surface area (Å²) in [5.41, 5.74) is 5.18. The van der Waals surface area contributed by atoms with Crippen LogP contribution in [0.1, 0.15) is 16.1 Å². The number of pyridine rings is 2. The molecule has 31 heavy (non-hydrogen) atoms. The first-order valence-corrected chi connectivity index (χ1v) is 10.5. The van der Waals surface area contributed by atoms with Gasteiger partial charge < -0.3 is 10.2 Å². The topological polar surface area (TPSA) is 75.9 Å². The summed E-state index contributed by atoms with van der Waals surface area (Å²) in [5, 5.41) is 8.52. The number of piperazine rings is 1. The lowest BCUT2D eigenvalue weighted by molar-refractivity contribution is 0.0992. The Morgan fingerprint density at radius 3 is 2.77 bits per heavy atom. The summed E-state index contributed by atoms with van der Waals surface area (Å²) in [6, 6.07) is 13.8. The molecule has 3 aromatic heterocycles. The molecular weight excluding hydrogens is 388 g/mol. The lowest BCUT2D eigenvalue weighted by Gasteiger charge is -2.29. The Balaban J connectivity index is 1.37. The summed E-state index contributed by atoms with van der Waals surface area (Å²) >= 11 is 0. The van der Waals surface area contributed by atoms with Crippen molar-refractivity contribution < 1.29 is 4.79 Å². The number of carbonyl (C=O) groups excluding carboxylic acids is 1. The minimum absolute atomic E-state index is 0.0623. The van der Waals surface area contributed by atoms with Gasteiger partial charge in [0.05, 0.1) is 29.5 Å². The standard InChI is InChI=1S/C24H24N6O/c1-29-16-19(15-27-29)22-6-5-18-14-26-20(12-23(18)28-22)13-24(31)17-3-2-4-21(11-17)30-9-7-25-8-10-30/h2-6,11-12,14-16,25H,7-10,13H2,1H3. The van der Waals surface area contributed by atoms with Crippen LogP contribution in [0.2, 0.25) is 0 Å². The Hall–Kier alpha value is -3.58. The summed E-state index contributed by atoms with van der Waals surface area (Å²) in [6.07, 6.45) is 5.77. The molecule has 0 radical (unpaired) electrons. The first kappa shape index (κ1) is 19.4. The molecule has 0 atom stereocenters. The lowest BCUT2D eigenvalue weighted by Crippen LogP contribution is -2.43. The summed E-state index contributed by atoms with van der Waals surface area (Å²) in [5.74, 6) is 0.0623. The molecule has 4 aromatic rings. The molecule has 4 heterocycles. The van der Waals surface area contributed by atoms with Gasteiger partial charge in [0.25, 0.3) is 0 Å². The number of hydrogen-bond acceptors (Lipinski definition) is 6. The van der Waals surface area contributed by atoms with E-state index in [0.29, 0.717) is 0 Å². The Kier molecular flexibility index (Phi) is 5.18. The van der Waals surface area contributed by atoms with E-state index in [1.807, 2.05) is 49.6 Å². The van der Waals surface area contributed by atoms with Gasteiger partial charge in [-0.25, -0.2) is 4.98 Å². The van der Waals surface area contributed by atoms with Gasteiger partial charge in [-0.2, -0.15) is 5.10 Å². The van der Waals surface area contributed by atoms with Gasteiger partial charge in [-0.3, -0.25) is 14.5 Å². The van der Waals surface area contributed by atoms with Crippen LogP contribution in [-0.2, 0) is 13.5 Å². The Morgan fingerprint density at radius 2 is 1.97 bits per heavy atom. The third-order valence-corrected chi connectivity index (χ3v) is 5.62. The molecule has 7 heteroatoms. The molecule has 0 unspecified atom stereocenters. The molecule has 7 nitrogen and oxygen atoms in total. The lowest BCUT2D eigenvalue weighted by atomic mass is 10.0. The molecule has 1 fully saturated rings. The van der Waals surface area contributed by atoms with E-state index in [2.05, 4.69) is 26.4 Å². The Bertz CT molecular complexity index is 1240. The molecule has 1 aliphatic heterocycles. The molecule has 0 saturated carbocycles. The normalized spacial score (nSPS) is 14.2. The second kappa shape index (κ2) is 8.28. The van der Waals surface area contributed by atoms with Crippen molar-refractivity contribution in [1.82, 2.24) is 25.1 Å². The van der Waals surface area contributed by atoms with Gasteiger partial charge in [0.15, 0.2) is 5.78 Å². The highest BCUT2D eigenvalue weighted by atomic mass is 16.1. The first-order valence-electron chi connectivity index (χ1n) is 10.5. The van der Waals surface area contributed by atoms with Crippen LogP contribution in [0.4, 0.5) is 5.69 Å². The molecule has 1 aromatic carbocycles. The molecule has 0 bridgehead atoms. The minimum Gasteiger partial charge on any atom is -0.369 e. The predicted molar refractivity (Wildman–Crippen MR) is 121 cm³/mol. The smallest absolute Gasteiger partial charge is 0.168 e. The SMILES string of the molecule is Cn1cc(-c2ccc3cnc(CC(=O)c4cccc(N5CCNCC5)c4)cc3n2)cn1. The van der Waals surface area contributed by atoms with Gasteiger partial charge in [-0.1, -0.05) is 12.1 Å². The summed E-state index contributed by atoms with van der Waals surface area (Å²) in [4.78, 5) is 24.5. The number of Topliss-reactive ketones (excluding diaryl/α,β-unsaturated/α-hetero) is 1. The van der Waals surface area contributed by atoms with E-state index in [9.17, 15) is 4.79 Å². The first-order chi connectivity index (χ1) is 15.2. The maximum absolute atomic E-state index is 13.0. The van der Waals surface area contributed by atoms with Crippen molar-refractivity contribution in [2.24, 2.45) is 7.05 Å². The monoisotopic (exact) mass is 412 g/mol. The summed E-state index contributed by atoms with van der Waals surface area (Å²) < 4.78 is 1.76. The van der Waals surface area contributed by atoms with Crippen LogP contribution < -0.4 is 10.2 Å². The fourth-order valence-corrected chi connectivity index (χ4v) is 3.93. The highest BCUT2D eigenvalue weighted by Gasteiger charge is 2.14. The largest absolute Gasteiger partial charge is 0.369 e. The number of rotatable bonds is 5. The number of hydrogen-bond donors (Lipinski definition) is 1. The average Bonchev–Trinajstić information content (AvgIpc) is 3.25. The Labute approximate surface area is 180 Å². The van der Waals surface area contributed by atoms with Crippen molar-refractivity contribution in [2.75, 3.05) is 31.1 Å². The van der Waals surface area contributed by atoms with Crippen LogP contribution in [0.25, 0.3) is 22.2 Å². The van der Waals surface area contributed by atoms with Crippen LogP contribution in [0.15, 0.2) is 61.1 Å². The second-order valence-electron chi connectivity index (χ2n) is 7.85. The van der Waals surface area contributed by atoms with E-state index in [1.165, 1.54) is 0 Å². The number of nitrogens with one attached hydrogen (secondary N) is 1. The van der Waals surface area contributed by atoms with Gasteiger partial charge in [0.1, 0.15) is 0 Å². The van der Waals surface area contributed by atoms with Gasteiger partial charge in [0, 0.05) is 67.8 Å². The maximum Gasteiger partial charge on any atom is 0.168 e. The van der Waals surface area contributed by atoms with Crippen LogP contribution >= 0.6 is 0 Å². The molecule has 0 spiro atoms. The van der Waals surface area contributed by atoms with Gasteiger partial charge in [0.2, 0.25) is 0 Å². The van der Waals surface area contributed by atoms with Crippen molar-refractivity contribution in [3.63, 3.8) is 0 Å². The molecule has 1 saturated heterocycles. The van der Waals surface area contributed by atoms with Gasteiger partial charge >= 0.3 is 0 Å². The van der Waals surface area contributed by atoms with Crippen molar-refractivity contribution >= 4 is 22.4 Å². The maximum atomic E-state index is 13.0. The van der Waals surface area contributed by atoms with E-state index in [1.54, 1.807) is 17.1 Å². The number of ketones is 1. The van der Waals surface area contributed by atoms with E-state index in [4.69, 9.17) is 4.98 Å². The molecule has 156 valence electrons.